The van der Waals surface area contributed by atoms with Crippen LogP contribution in [0.5, 0.6) is 0 Å². The average molecular weight is 358 g/mol. The van der Waals surface area contributed by atoms with Crippen molar-refractivity contribution in [3.05, 3.63) is 81.1 Å². The van der Waals surface area contributed by atoms with Crippen LogP contribution < -0.4 is 5.32 Å². The summed E-state index contributed by atoms with van der Waals surface area (Å²) in [4.78, 5) is 22.5. The second-order valence-electron chi connectivity index (χ2n) is 5.16. The Morgan fingerprint density at radius 1 is 1.24 bits per heavy atom. The van der Waals surface area contributed by atoms with E-state index in [2.05, 4.69) is 15.6 Å². The Hall–Kier alpha value is -3.26. The predicted molar refractivity (Wildman–Crippen MR) is 91.6 cm³/mol. The minimum Gasteiger partial charge on any atom is -0.320 e. The van der Waals surface area contributed by atoms with E-state index in [4.69, 9.17) is 11.6 Å². The maximum Gasteiger partial charge on any atom is 0.289 e. The Labute approximate surface area is 147 Å². The third-order valence-electron chi connectivity index (χ3n) is 3.36. The molecule has 1 heterocycles. The molecule has 0 saturated carbocycles. The first kappa shape index (κ1) is 16.6. The molecule has 0 aliphatic carbocycles. The van der Waals surface area contributed by atoms with E-state index in [1.165, 1.54) is 29.1 Å². The van der Waals surface area contributed by atoms with Gasteiger partial charge in [-0.2, -0.15) is 0 Å². The van der Waals surface area contributed by atoms with Crippen LogP contribution in [0.2, 0.25) is 5.02 Å². The lowest BCUT2D eigenvalue weighted by Crippen LogP contribution is -2.12. The zero-order chi connectivity index (χ0) is 17.8. The number of halogens is 1. The summed E-state index contributed by atoms with van der Waals surface area (Å²) >= 11 is 5.75. The zero-order valence-electron chi connectivity index (χ0n) is 12.8. The summed E-state index contributed by atoms with van der Waals surface area (Å²) in [5, 5.41) is 21.2. The summed E-state index contributed by atoms with van der Waals surface area (Å²) in [5.41, 5.74) is 1.09. The quantitative estimate of drug-likeness (QED) is 0.558. The van der Waals surface area contributed by atoms with Crippen LogP contribution in [0.3, 0.4) is 0 Å². The number of nitro benzene ring substituents is 1. The number of anilines is 1. The SMILES string of the molecule is O=C(Nc1ccc(Cl)c([N+](=O)[O-])c1)c1cn(Cc2ccccc2)nn1. The van der Waals surface area contributed by atoms with Crippen LogP contribution in [0.15, 0.2) is 54.7 Å². The van der Waals surface area contributed by atoms with Crippen LogP contribution in [0.25, 0.3) is 0 Å². The van der Waals surface area contributed by atoms with Gasteiger partial charge in [0.05, 0.1) is 17.7 Å². The fourth-order valence-corrected chi connectivity index (χ4v) is 2.36. The molecule has 3 rings (SSSR count). The summed E-state index contributed by atoms with van der Waals surface area (Å²) in [6, 6.07) is 13.6. The number of amides is 1. The molecule has 0 aliphatic rings. The Bertz CT molecular complexity index is 927. The fourth-order valence-electron chi connectivity index (χ4n) is 2.18. The van der Waals surface area contributed by atoms with E-state index in [0.29, 0.717) is 6.54 Å². The highest BCUT2D eigenvalue weighted by atomic mass is 35.5. The van der Waals surface area contributed by atoms with Crippen molar-refractivity contribution in [2.45, 2.75) is 6.54 Å². The highest BCUT2D eigenvalue weighted by Crippen LogP contribution is 2.27. The molecule has 0 unspecified atom stereocenters. The first-order chi connectivity index (χ1) is 12.0. The van der Waals surface area contributed by atoms with Gasteiger partial charge in [0.2, 0.25) is 0 Å². The van der Waals surface area contributed by atoms with E-state index in [0.717, 1.165) is 5.56 Å². The molecular weight excluding hydrogens is 346 g/mol. The van der Waals surface area contributed by atoms with Crippen LogP contribution in [0, 0.1) is 10.1 Å². The largest absolute Gasteiger partial charge is 0.320 e. The molecule has 25 heavy (non-hydrogen) atoms. The molecule has 0 fully saturated rings. The lowest BCUT2D eigenvalue weighted by Gasteiger charge is -2.03. The molecule has 126 valence electrons. The molecule has 3 aromatic rings. The number of nitrogens with one attached hydrogen (secondary N) is 1. The molecule has 2 aromatic carbocycles. The van der Waals surface area contributed by atoms with Crippen molar-refractivity contribution in [3.8, 4) is 0 Å². The molecule has 9 heteroatoms. The molecule has 0 saturated heterocycles. The van der Waals surface area contributed by atoms with E-state index in [1.807, 2.05) is 30.3 Å². The van der Waals surface area contributed by atoms with Gasteiger partial charge in [-0.15, -0.1) is 5.10 Å². The van der Waals surface area contributed by atoms with Crippen LogP contribution in [-0.2, 0) is 6.54 Å². The molecule has 0 aliphatic heterocycles. The van der Waals surface area contributed by atoms with Gasteiger partial charge in [0.15, 0.2) is 5.69 Å². The lowest BCUT2D eigenvalue weighted by atomic mass is 10.2. The van der Waals surface area contributed by atoms with Crippen molar-refractivity contribution in [3.63, 3.8) is 0 Å². The smallest absolute Gasteiger partial charge is 0.289 e. The molecule has 0 atom stereocenters. The van der Waals surface area contributed by atoms with Gasteiger partial charge in [0.1, 0.15) is 5.02 Å². The molecular formula is C16H12ClN5O3. The van der Waals surface area contributed by atoms with E-state index < -0.39 is 10.8 Å². The summed E-state index contributed by atoms with van der Waals surface area (Å²) in [6.45, 7) is 0.480. The Balaban J connectivity index is 1.72. The van der Waals surface area contributed by atoms with Crippen LogP contribution >= 0.6 is 11.6 Å². The van der Waals surface area contributed by atoms with E-state index in [1.54, 1.807) is 0 Å². The Kier molecular flexibility index (Phi) is 4.71. The second-order valence-corrected chi connectivity index (χ2v) is 5.57. The van der Waals surface area contributed by atoms with E-state index in [9.17, 15) is 14.9 Å². The highest BCUT2D eigenvalue weighted by Gasteiger charge is 2.16. The number of nitro groups is 1. The molecule has 1 aromatic heterocycles. The van der Waals surface area contributed by atoms with E-state index in [-0.39, 0.29) is 22.1 Å². The number of benzene rings is 2. The molecule has 1 amide bonds. The molecule has 0 radical (unpaired) electrons. The van der Waals surface area contributed by atoms with Crippen molar-refractivity contribution >= 4 is 28.9 Å². The summed E-state index contributed by atoms with van der Waals surface area (Å²) in [5.74, 6) is -0.518. The third kappa shape index (κ3) is 3.99. The number of aromatic nitrogens is 3. The van der Waals surface area contributed by atoms with Gasteiger partial charge in [-0.05, 0) is 17.7 Å². The van der Waals surface area contributed by atoms with Gasteiger partial charge in [0.25, 0.3) is 11.6 Å². The van der Waals surface area contributed by atoms with Crippen molar-refractivity contribution in [1.82, 2.24) is 15.0 Å². The van der Waals surface area contributed by atoms with Crippen molar-refractivity contribution in [2.24, 2.45) is 0 Å². The predicted octanol–water partition coefficient (Wildman–Crippen LogP) is 3.14. The van der Waals surface area contributed by atoms with Gasteiger partial charge in [-0.25, -0.2) is 4.68 Å². The standard InChI is InChI=1S/C16H12ClN5O3/c17-13-7-6-12(8-15(13)22(24)25)18-16(23)14-10-21(20-19-14)9-11-4-2-1-3-5-11/h1-8,10H,9H2,(H,18,23). The number of nitrogens with zero attached hydrogens (tertiary/aromatic N) is 4. The highest BCUT2D eigenvalue weighted by molar-refractivity contribution is 6.32. The minimum absolute atomic E-state index is 0.00296. The van der Waals surface area contributed by atoms with Gasteiger partial charge >= 0.3 is 0 Å². The number of carbonyl (C=O) groups excluding carboxylic acids is 1. The Morgan fingerprint density at radius 3 is 2.72 bits per heavy atom. The first-order valence-electron chi connectivity index (χ1n) is 7.22. The number of hydrogen-bond donors (Lipinski definition) is 1. The van der Waals surface area contributed by atoms with Crippen molar-refractivity contribution in [1.29, 1.82) is 0 Å². The van der Waals surface area contributed by atoms with Gasteiger partial charge < -0.3 is 5.32 Å². The van der Waals surface area contributed by atoms with Gasteiger partial charge in [-0.1, -0.05) is 47.1 Å². The maximum atomic E-state index is 12.2. The topological polar surface area (TPSA) is 103 Å². The summed E-state index contributed by atoms with van der Waals surface area (Å²) < 4.78 is 1.54. The van der Waals surface area contributed by atoms with Crippen LogP contribution in [-0.4, -0.2) is 25.8 Å². The monoisotopic (exact) mass is 357 g/mol. The normalized spacial score (nSPS) is 10.4. The van der Waals surface area contributed by atoms with E-state index >= 15 is 0 Å². The Morgan fingerprint density at radius 2 is 2.00 bits per heavy atom. The third-order valence-corrected chi connectivity index (χ3v) is 3.68. The van der Waals surface area contributed by atoms with Crippen LogP contribution in [0.4, 0.5) is 11.4 Å². The summed E-state index contributed by atoms with van der Waals surface area (Å²) in [7, 11) is 0. The fraction of sp³-hybridized carbons (Fsp3) is 0.0625. The maximum absolute atomic E-state index is 12.2. The number of carbonyl (C=O) groups is 1. The molecule has 8 nitrogen and oxygen atoms in total. The number of rotatable bonds is 5. The van der Waals surface area contributed by atoms with Gasteiger partial charge in [-0.3, -0.25) is 14.9 Å². The second kappa shape index (κ2) is 7.10. The van der Waals surface area contributed by atoms with Crippen LogP contribution in [0.1, 0.15) is 16.1 Å². The molecule has 0 spiro atoms. The summed E-state index contributed by atoms with van der Waals surface area (Å²) in [6.07, 6.45) is 1.51. The lowest BCUT2D eigenvalue weighted by molar-refractivity contribution is -0.384. The average Bonchev–Trinajstić information content (AvgIpc) is 3.06. The minimum atomic E-state index is -0.617. The first-order valence-corrected chi connectivity index (χ1v) is 7.60. The molecule has 1 N–H and O–H groups in total. The molecule has 0 bridgehead atoms. The van der Waals surface area contributed by atoms with Crippen molar-refractivity contribution in [2.75, 3.05) is 5.32 Å². The zero-order valence-corrected chi connectivity index (χ0v) is 13.6. The van der Waals surface area contributed by atoms with Gasteiger partial charge in [0, 0.05) is 11.8 Å². The van der Waals surface area contributed by atoms with Crippen molar-refractivity contribution < 1.29 is 9.72 Å². The number of hydrogen-bond acceptors (Lipinski definition) is 5.